The van der Waals surface area contributed by atoms with Gasteiger partial charge in [-0.3, -0.25) is 4.99 Å². The van der Waals surface area contributed by atoms with Crippen molar-refractivity contribution in [3.05, 3.63) is 23.8 Å². The summed E-state index contributed by atoms with van der Waals surface area (Å²) in [7, 11) is 3.27. The van der Waals surface area contributed by atoms with Crippen molar-refractivity contribution >= 4 is 5.71 Å². The zero-order valence-electron chi connectivity index (χ0n) is 14.9. The molecular weight excluding hydrogens is 294 g/mol. The molecule has 0 aliphatic carbocycles. The fraction of sp³-hybridized carbons (Fsp3) is 0.611. The molecule has 0 N–H and O–H groups in total. The van der Waals surface area contributed by atoms with Crippen molar-refractivity contribution in [2.45, 2.75) is 39.9 Å². The highest BCUT2D eigenvalue weighted by atomic mass is 16.7. The Balaban J connectivity index is 2.98. The van der Waals surface area contributed by atoms with E-state index in [4.69, 9.17) is 23.9 Å². The predicted molar refractivity (Wildman–Crippen MR) is 92.9 cm³/mol. The summed E-state index contributed by atoms with van der Waals surface area (Å²) in [4.78, 5) is 4.72. The van der Waals surface area contributed by atoms with E-state index in [0.29, 0.717) is 31.3 Å². The summed E-state index contributed by atoms with van der Waals surface area (Å²) < 4.78 is 21.8. The van der Waals surface area contributed by atoms with Crippen molar-refractivity contribution in [2.24, 2.45) is 4.99 Å². The van der Waals surface area contributed by atoms with Crippen molar-refractivity contribution in [3.63, 3.8) is 0 Å². The Morgan fingerprint density at radius 1 is 1.00 bits per heavy atom. The number of ether oxygens (including phenoxy) is 4. The molecule has 5 nitrogen and oxygen atoms in total. The van der Waals surface area contributed by atoms with Crippen LogP contribution in [0.15, 0.2) is 23.2 Å². The second kappa shape index (κ2) is 11.0. The van der Waals surface area contributed by atoms with Crippen LogP contribution < -0.4 is 9.47 Å². The first kappa shape index (κ1) is 19.5. The number of rotatable bonds is 11. The molecule has 0 radical (unpaired) electrons. The van der Waals surface area contributed by atoms with Gasteiger partial charge in [0.25, 0.3) is 0 Å². The lowest BCUT2D eigenvalue weighted by molar-refractivity contribution is -0.128. The van der Waals surface area contributed by atoms with Gasteiger partial charge in [0.2, 0.25) is 0 Å². The SMILES string of the molecule is CCC/C(=N/CC(OCC)OCC)c1ccc(OC)c(OC)c1. The standard InChI is InChI=1S/C18H29NO4/c1-6-9-15(19-13-18(22-7-2)23-8-3)14-10-11-16(20-4)17(12-14)21-5/h10-12,18H,6-9,13H2,1-5H3/b19-15-. The molecule has 23 heavy (non-hydrogen) atoms. The van der Waals surface area contributed by atoms with Crippen molar-refractivity contribution in [3.8, 4) is 11.5 Å². The van der Waals surface area contributed by atoms with Crippen molar-refractivity contribution < 1.29 is 18.9 Å². The van der Waals surface area contributed by atoms with Crippen molar-refractivity contribution in [2.75, 3.05) is 34.0 Å². The van der Waals surface area contributed by atoms with Crippen LogP contribution in [0.25, 0.3) is 0 Å². The molecule has 130 valence electrons. The lowest BCUT2D eigenvalue weighted by Gasteiger charge is -2.16. The molecule has 0 heterocycles. The van der Waals surface area contributed by atoms with E-state index < -0.39 is 0 Å². The van der Waals surface area contributed by atoms with Gasteiger partial charge in [-0.05, 0) is 44.0 Å². The molecule has 1 aromatic carbocycles. The molecule has 0 bridgehead atoms. The molecule has 0 atom stereocenters. The molecule has 5 heteroatoms. The summed E-state index contributed by atoms with van der Waals surface area (Å²) in [6.45, 7) is 7.76. The maximum atomic E-state index is 5.55. The van der Waals surface area contributed by atoms with E-state index in [0.717, 1.165) is 24.1 Å². The molecule has 0 fully saturated rings. The quantitative estimate of drug-likeness (QED) is 0.460. The lowest BCUT2D eigenvalue weighted by atomic mass is 10.1. The number of methoxy groups -OCH3 is 2. The van der Waals surface area contributed by atoms with Gasteiger partial charge in [0.05, 0.1) is 20.8 Å². The van der Waals surface area contributed by atoms with E-state index in [1.165, 1.54) is 0 Å². The fourth-order valence-corrected chi connectivity index (χ4v) is 2.28. The summed E-state index contributed by atoms with van der Waals surface area (Å²) in [5.41, 5.74) is 2.06. The van der Waals surface area contributed by atoms with Gasteiger partial charge in [-0.25, -0.2) is 0 Å². The van der Waals surface area contributed by atoms with E-state index in [1.807, 2.05) is 32.0 Å². The molecule has 0 saturated heterocycles. The maximum Gasteiger partial charge on any atom is 0.176 e. The summed E-state index contributed by atoms with van der Waals surface area (Å²) in [6, 6.07) is 5.87. The number of aliphatic imine (C=N–C) groups is 1. The number of hydrogen-bond acceptors (Lipinski definition) is 5. The van der Waals surface area contributed by atoms with Crippen LogP contribution in [-0.4, -0.2) is 46.0 Å². The van der Waals surface area contributed by atoms with Gasteiger partial charge in [0.1, 0.15) is 0 Å². The van der Waals surface area contributed by atoms with Gasteiger partial charge < -0.3 is 18.9 Å². The van der Waals surface area contributed by atoms with E-state index in [-0.39, 0.29) is 6.29 Å². The minimum absolute atomic E-state index is 0.294. The molecule has 1 rings (SSSR count). The zero-order valence-corrected chi connectivity index (χ0v) is 14.9. The highest BCUT2D eigenvalue weighted by Gasteiger charge is 2.11. The first-order valence-corrected chi connectivity index (χ1v) is 8.18. The molecule has 0 aromatic heterocycles. The fourth-order valence-electron chi connectivity index (χ4n) is 2.28. The maximum absolute atomic E-state index is 5.55. The highest BCUT2D eigenvalue weighted by molar-refractivity contribution is 6.01. The van der Waals surface area contributed by atoms with E-state index >= 15 is 0 Å². The highest BCUT2D eigenvalue weighted by Crippen LogP contribution is 2.28. The second-order valence-corrected chi connectivity index (χ2v) is 4.95. The van der Waals surface area contributed by atoms with Crippen molar-refractivity contribution in [1.82, 2.24) is 0 Å². The molecular formula is C18H29NO4. The smallest absolute Gasteiger partial charge is 0.176 e. The van der Waals surface area contributed by atoms with Gasteiger partial charge >= 0.3 is 0 Å². The minimum atomic E-state index is -0.294. The summed E-state index contributed by atoms with van der Waals surface area (Å²) >= 11 is 0. The Morgan fingerprint density at radius 2 is 1.65 bits per heavy atom. The number of nitrogens with zero attached hydrogens (tertiary/aromatic N) is 1. The monoisotopic (exact) mass is 323 g/mol. The number of benzene rings is 1. The third-order valence-corrected chi connectivity index (χ3v) is 3.34. The van der Waals surface area contributed by atoms with Crippen LogP contribution in [0.1, 0.15) is 39.2 Å². The van der Waals surface area contributed by atoms with Crippen molar-refractivity contribution in [1.29, 1.82) is 0 Å². The van der Waals surface area contributed by atoms with Crippen LogP contribution in [0.2, 0.25) is 0 Å². The topological polar surface area (TPSA) is 49.3 Å². The Morgan fingerprint density at radius 3 is 2.17 bits per heavy atom. The van der Waals surface area contributed by atoms with E-state index in [1.54, 1.807) is 14.2 Å². The average Bonchev–Trinajstić information content (AvgIpc) is 2.58. The van der Waals surface area contributed by atoms with Gasteiger partial charge in [-0.1, -0.05) is 13.3 Å². The van der Waals surface area contributed by atoms with Gasteiger partial charge in [0, 0.05) is 18.9 Å². The molecule has 0 unspecified atom stereocenters. The molecule has 0 saturated carbocycles. The minimum Gasteiger partial charge on any atom is -0.493 e. The molecule has 1 aromatic rings. The molecule has 0 spiro atoms. The van der Waals surface area contributed by atoms with Crippen LogP contribution >= 0.6 is 0 Å². The Bertz CT molecular complexity index is 482. The average molecular weight is 323 g/mol. The van der Waals surface area contributed by atoms with Gasteiger partial charge in [-0.15, -0.1) is 0 Å². The summed E-state index contributed by atoms with van der Waals surface area (Å²) in [6.07, 6.45) is 1.61. The van der Waals surface area contributed by atoms with Crippen LogP contribution in [0.5, 0.6) is 11.5 Å². The van der Waals surface area contributed by atoms with E-state index in [9.17, 15) is 0 Å². The largest absolute Gasteiger partial charge is 0.493 e. The van der Waals surface area contributed by atoms with Crippen LogP contribution in [0.3, 0.4) is 0 Å². The summed E-state index contributed by atoms with van der Waals surface area (Å²) in [5.74, 6) is 1.42. The van der Waals surface area contributed by atoms with Crippen LogP contribution in [-0.2, 0) is 9.47 Å². The second-order valence-electron chi connectivity index (χ2n) is 4.95. The first-order valence-electron chi connectivity index (χ1n) is 8.18. The molecule has 0 amide bonds. The molecule has 0 aliphatic rings. The van der Waals surface area contributed by atoms with Crippen LogP contribution in [0, 0.1) is 0 Å². The zero-order chi connectivity index (χ0) is 17.1. The normalized spacial score (nSPS) is 11.8. The summed E-state index contributed by atoms with van der Waals surface area (Å²) in [5, 5.41) is 0. The third kappa shape index (κ3) is 6.20. The Hall–Kier alpha value is -1.59. The van der Waals surface area contributed by atoms with Crippen LogP contribution in [0.4, 0.5) is 0 Å². The lowest BCUT2D eigenvalue weighted by Crippen LogP contribution is -2.21. The number of hydrogen-bond donors (Lipinski definition) is 0. The first-order chi connectivity index (χ1) is 11.2. The van der Waals surface area contributed by atoms with E-state index in [2.05, 4.69) is 6.92 Å². The Kier molecular flexibility index (Phi) is 9.33. The molecule has 0 aliphatic heterocycles. The Labute approximate surface area is 139 Å². The van der Waals surface area contributed by atoms with Gasteiger partial charge in [-0.2, -0.15) is 0 Å². The van der Waals surface area contributed by atoms with Gasteiger partial charge in [0.15, 0.2) is 17.8 Å². The third-order valence-electron chi connectivity index (χ3n) is 3.34. The predicted octanol–water partition coefficient (Wildman–Crippen LogP) is 3.69.